The Balaban J connectivity index is 2.41. The van der Waals surface area contributed by atoms with Gasteiger partial charge < -0.3 is 15.1 Å². The van der Waals surface area contributed by atoms with Crippen molar-refractivity contribution in [3.8, 4) is 0 Å². The van der Waals surface area contributed by atoms with Gasteiger partial charge in [-0.3, -0.25) is 14.8 Å². The van der Waals surface area contributed by atoms with Crippen molar-refractivity contribution in [3.05, 3.63) is 16.3 Å². The largest absolute Gasteiger partial charge is 0.480 e. The number of aliphatic carboxylic acids is 1. The smallest absolute Gasteiger partial charge is 0.330 e. The predicted octanol–water partition coefficient (Wildman–Crippen LogP) is -0.648. The van der Waals surface area contributed by atoms with Gasteiger partial charge in [0.2, 0.25) is 5.82 Å². The molecule has 1 fully saturated rings. The van der Waals surface area contributed by atoms with Gasteiger partial charge in [0.1, 0.15) is 12.2 Å². The molecule has 0 aromatic carbocycles. The number of nitrogens with zero attached hydrogens (tertiary/aromatic N) is 4. The minimum atomic E-state index is -1.13. The molecule has 2 heterocycles. The van der Waals surface area contributed by atoms with Gasteiger partial charge in [0.05, 0.1) is 11.0 Å². The first-order valence-corrected chi connectivity index (χ1v) is 5.25. The molecule has 1 saturated heterocycles. The minimum Gasteiger partial charge on any atom is -0.480 e. The lowest BCUT2D eigenvalue weighted by Gasteiger charge is -2.19. The van der Waals surface area contributed by atoms with Crippen molar-refractivity contribution in [2.24, 2.45) is 7.05 Å². The summed E-state index contributed by atoms with van der Waals surface area (Å²) in [4.78, 5) is 22.6. The van der Waals surface area contributed by atoms with Gasteiger partial charge in [-0.2, -0.15) is 0 Å². The fourth-order valence-corrected chi connectivity index (χ4v) is 2.08. The van der Waals surface area contributed by atoms with Gasteiger partial charge in [-0.05, 0) is 0 Å². The van der Waals surface area contributed by atoms with Crippen molar-refractivity contribution in [2.75, 3.05) is 11.4 Å². The third kappa shape index (κ3) is 1.99. The average Bonchev–Trinajstić information content (AvgIpc) is 2.81. The quantitative estimate of drug-likeness (QED) is 0.544. The van der Waals surface area contributed by atoms with E-state index in [9.17, 15) is 20.0 Å². The maximum atomic E-state index is 11.1. The number of rotatable bonds is 3. The van der Waals surface area contributed by atoms with Gasteiger partial charge in [-0.25, -0.2) is 4.79 Å². The number of carboxylic acids is 1. The third-order valence-corrected chi connectivity index (χ3v) is 2.82. The predicted molar refractivity (Wildman–Crippen MR) is 59.3 cm³/mol. The Morgan fingerprint density at radius 1 is 1.67 bits per heavy atom. The van der Waals surface area contributed by atoms with Crippen LogP contribution in [0.1, 0.15) is 6.42 Å². The van der Waals surface area contributed by atoms with E-state index in [2.05, 4.69) is 5.10 Å². The van der Waals surface area contributed by atoms with Crippen molar-refractivity contribution in [1.82, 2.24) is 9.78 Å². The number of aliphatic hydroxyl groups is 1. The number of β-amino-alcohol motifs (C(OH)–C–C–N with tert-alkyl or cyclic N) is 1. The summed E-state index contributed by atoms with van der Waals surface area (Å²) in [6.45, 7) is 0.0226. The number of carbonyl (C=O) groups is 1. The van der Waals surface area contributed by atoms with Crippen LogP contribution in [0.2, 0.25) is 0 Å². The normalized spacial score (nSPS) is 23.3. The second kappa shape index (κ2) is 4.26. The molecule has 2 rings (SSSR count). The molecule has 1 aliphatic heterocycles. The van der Waals surface area contributed by atoms with Crippen LogP contribution < -0.4 is 4.90 Å². The summed E-state index contributed by atoms with van der Waals surface area (Å²) in [7, 11) is 1.51. The Labute approximate surface area is 101 Å². The van der Waals surface area contributed by atoms with Crippen LogP contribution in [0.25, 0.3) is 0 Å². The zero-order valence-corrected chi connectivity index (χ0v) is 9.55. The maximum absolute atomic E-state index is 11.1. The van der Waals surface area contributed by atoms with Crippen LogP contribution >= 0.6 is 0 Å². The van der Waals surface area contributed by atoms with E-state index in [1.807, 2.05) is 0 Å². The van der Waals surface area contributed by atoms with E-state index in [1.165, 1.54) is 22.8 Å². The molecule has 1 aromatic heterocycles. The number of hydrogen-bond acceptors (Lipinski definition) is 6. The molecule has 18 heavy (non-hydrogen) atoms. The molecule has 2 atom stereocenters. The summed E-state index contributed by atoms with van der Waals surface area (Å²) in [5.41, 5.74) is -0.266. The number of aryl methyl sites for hydroxylation is 1. The average molecular weight is 256 g/mol. The van der Waals surface area contributed by atoms with Gasteiger partial charge in [0.15, 0.2) is 0 Å². The Kier molecular flexibility index (Phi) is 2.91. The molecule has 98 valence electrons. The van der Waals surface area contributed by atoms with Crippen LogP contribution in [0.5, 0.6) is 0 Å². The van der Waals surface area contributed by atoms with Crippen LogP contribution in [0.4, 0.5) is 11.5 Å². The van der Waals surface area contributed by atoms with Crippen molar-refractivity contribution in [3.63, 3.8) is 0 Å². The van der Waals surface area contributed by atoms with E-state index >= 15 is 0 Å². The molecular formula is C9H12N4O5. The molecule has 0 amide bonds. The van der Waals surface area contributed by atoms with Crippen molar-refractivity contribution in [1.29, 1.82) is 0 Å². The number of aromatic nitrogens is 2. The van der Waals surface area contributed by atoms with Crippen LogP contribution in [0, 0.1) is 10.1 Å². The van der Waals surface area contributed by atoms with Crippen molar-refractivity contribution in [2.45, 2.75) is 18.6 Å². The molecular weight excluding hydrogens is 244 g/mol. The monoisotopic (exact) mass is 256 g/mol. The molecule has 0 spiro atoms. The molecule has 9 nitrogen and oxygen atoms in total. The fraction of sp³-hybridized carbons (Fsp3) is 0.556. The molecule has 0 bridgehead atoms. The first kappa shape index (κ1) is 12.3. The Bertz CT molecular complexity index is 499. The number of carboxylic acid groups (broad SMARTS) is 1. The number of nitro groups is 1. The second-order valence-electron chi connectivity index (χ2n) is 4.16. The van der Waals surface area contributed by atoms with Gasteiger partial charge >= 0.3 is 11.7 Å². The lowest BCUT2D eigenvalue weighted by Crippen LogP contribution is -2.36. The highest BCUT2D eigenvalue weighted by Crippen LogP contribution is 2.32. The lowest BCUT2D eigenvalue weighted by atomic mass is 10.2. The van der Waals surface area contributed by atoms with Crippen molar-refractivity contribution >= 4 is 17.5 Å². The summed E-state index contributed by atoms with van der Waals surface area (Å²) in [6.07, 6.45) is 0.412. The summed E-state index contributed by atoms with van der Waals surface area (Å²) >= 11 is 0. The summed E-state index contributed by atoms with van der Waals surface area (Å²) in [6, 6.07) is -0.992. The van der Waals surface area contributed by atoms with E-state index in [-0.39, 0.29) is 24.5 Å². The van der Waals surface area contributed by atoms with Gasteiger partial charge in [-0.15, -0.1) is 5.10 Å². The van der Waals surface area contributed by atoms with E-state index in [1.54, 1.807) is 0 Å². The molecule has 9 heteroatoms. The van der Waals surface area contributed by atoms with Crippen LogP contribution in [-0.2, 0) is 11.8 Å². The minimum absolute atomic E-state index is 0.0218. The fourth-order valence-electron chi connectivity index (χ4n) is 2.08. The first-order valence-electron chi connectivity index (χ1n) is 5.25. The van der Waals surface area contributed by atoms with Gasteiger partial charge in [0.25, 0.3) is 0 Å². The van der Waals surface area contributed by atoms with E-state index in [4.69, 9.17) is 5.11 Å². The first-order chi connectivity index (χ1) is 8.40. The Morgan fingerprint density at radius 2 is 2.33 bits per heavy atom. The molecule has 0 radical (unpaired) electrons. The zero-order chi connectivity index (χ0) is 13.4. The van der Waals surface area contributed by atoms with E-state index in [0.29, 0.717) is 0 Å². The molecule has 0 saturated carbocycles. The van der Waals surface area contributed by atoms with E-state index < -0.39 is 23.0 Å². The van der Waals surface area contributed by atoms with Gasteiger partial charge in [0, 0.05) is 20.0 Å². The van der Waals surface area contributed by atoms with E-state index in [0.717, 1.165) is 0 Å². The Hall–Kier alpha value is -2.16. The topological polar surface area (TPSA) is 122 Å². The summed E-state index contributed by atoms with van der Waals surface area (Å²) in [5, 5.41) is 33.3. The van der Waals surface area contributed by atoms with Crippen LogP contribution in [0.3, 0.4) is 0 Å². The second-order valence-corrected chi connectivity index (χ2v) is 4.16. The molecule has 1 aliphatic rings. The highest BCUT2D eigenvalue weighted by atomic mass is 16.6. The number of aliphatic hydroxyl groups excluding tert-OH is 1. The molecule has 2 unspecified atom stereocenters. The lowest BCUT2D eigenvalue weighted by molar-refractivity contribution is -0.384. The Morgan fingerprint density at radius 3 is 2.89 bits per heavy atom. The molecule has 1 aromatic rings. The highest BCUT2D eigenvalue weighted by molar-refractivity contribution is 5.80. The third-order valence-electron chi connectivity index (χ3n) is 2.82. The van der Waals surface area contributed by atoms with Crippen LogP contribution in [0.15, 0.2) is 6.20 Å². The zero-order valence-electron chi connectivity index (χ0n) is 9.55. The summed E-state index contributed by atoms with van der Waals surface area (Å²) < 4.78 is 1.25. The van der Waals surface area contributed by atoms with Gasteiger partial charge in [-0.1, -0.05) is 0 Å². The number of anilines is 1. The summed E-state index contributed by atoms with van der Waals surface area (Å²) in [5.74, 6) is -1.15. The number of hydrogen-bond donors (Lipinski definition) is 2. The SMILES string of the molecule is Cn1cc([N+](=O)[O-])c(N2CC(O)CC2C(=O)O)n1. The van der Waals surface area contributed by atoms with Crippen LogP contribution in [-0.4, -0.2) is 49.6 Å². The maximum Gasteiger partial charge on any atom is 0.330 e. The molecule has 0 aliphatic carbocycles. The molecule has 2 N–H and O–H groups in total. The highest BCUT2D eigenvalue weighted by Gasteiger charge is 2.40. The standard InChI is InChI=1S/C9H12N4O5/c1-11-4-7(13(17)18)8(10-11)12-3-5(14)2-6(12)9(15)16/h4-6,14H,2-3H2,1H3,(H,15,16). The van der Waals surface area contributed by atoms with Crippen molar-refractivity contribution < 1.29 is 19.9 Å².